The number of alkyl halides is 3. The summed E-state index contributed by atoms with van der Waals surface area (Å²) in [6.07, 6.45) is -4.81. The Balaban J connectivity index is 1.75. The Hall–Kier alpha value is -2.40. The summed E-state index contributed by atoms with van der Waals surface area (Å²) in [6, 6.07) is 17.2. The molecule has 0 unspecified atom stereocenters. The first-order chi connectivity index (χ1) is 17.0. The van der Waals surface area contributed by atoms with Gasteiger partial charge in [0.2, 0.25) is 5.91 Å². The second-order valence-electron chi connectivity index (χ2n) is 7.48. The molecule has 0 bridgehead atoms. The van der Waals surface area contributed by atoms with E-state index in [0.717, 1.165) is 17.7 Å². The summed E-state index contributed by atoms with van der Waals surface area (Å²) in [7, 11) is -4.36. The number of anilines is 1. The van der Waals surface area contributed by atoms with Gasteiger partial charge in [0.15, 0.2) is 0 Å². The van der Waals surface area contributed by atoms with E-state index in [1.807, 2.05) is 18.2 Å². The van der Waals surface area contributed by atoms with Crippen molar-refractivity contribution in [2.24, 2.45) is 0 Å². The maximum absolute atomic E-state index is 13.4. The number of sulfonamides is 1. The van der Waals surface area contributed by atoms with Crippen molar-refractivity contribution in [1.82, 2.24) is 5.32 Å². The standard InChI is InChI=1S/C24H21Cl2F3N2O3S2/c25-21-9-5-4-6-17(21)16-35-13-12-30-23(32)15-31(36(33,34)19-7-2-1-3-8-19)18-10-11-22(26)20(14-18)24(27,28)29/h1-11,14H,12-13,15-16H2,(H,30,32). The van der Waals surface area contributed by atoms with Gasteiger partial charge in [-0.1, -0.05) is 59.6 Å². The third-order valence-corrected chi connectivity index (χ3v) is 8.44. The fraction of sp³-hybridized carbons (Fsp3) is 0.208. The molecule has 0 saturated heterocycles. The molecular formula is C24H21Cl2F3N2O3S2. The van der Waals surface area contributed by atoms with Gasteiger partial charge in [0.05, 0.1) is 21.2 Å². The smallest absolute Gasteiger partial charge is 0.354 e. The average Bonchev–Trinajstić information content (AvgIpc) is 2.83. The number of thioether (sulfide) groups is 1. The molecule has 0 aliphatic rings. The minimum atomic E-state index is -4.81. The highest BCUT2D eigenvalue weighted by atomic mass is 35.5. The molecule has 0 saturated carbocycles. The summed E-state index contributed by atoms with van der Waals surface area (Å²) in [5.41, 5.74) is -0.594. The van der Waals surface area contributed by atoms with Crippen LogP contribution in [0.25, 0.3) is 0 Å². The number of carbonyl (C=O) groups is 1. The van der Waals surface area contributed by atoms with Crippen LogP contribution in [-0.4, -0.2) is 33.2 Å². The monoisotopic (exact) mass is 576 g/mol. The molecule has 12 heteroatoms. The van der Waals surface area contributed by atoms with Gasteiger partial charge >= 0.3 is 6.18 Å². The van der Waals surface area contributed by atoms with Crippen LogP contribution in [0.4, 0.5) is 18.9 Å². The van der Waals surface area contributed by atoms with Crippen LogP contribution in [0.5, 0.6) is 0 Å². The van der Waals surface area contributed by atoms with Crippen molar-refractivity contribution < 1.29 is 26.4 Å². The summed E-state index contributed by atoms with van der Waals surface area (Å²) < 4.78 is 67.5. The van der Waals surface area contributed by atoms with Gasteiger partial charge in [-0.15, -0.1) is 0 Å². The highest BCUT2D eigenvalue weighted by Gasteiger charge is 2.35. The molecule has 0 radical (unpaired) electrons. The third kappa shape index (κ3) is 7.32. The summed E-state index contributed by atoms with van der Waals surface area (Å²) in [6.45, 7) is -0.493. The van der Waals surface area contributed by atoms with Gasteiger partial charge in [-0.2, -0.15) is 24.9 Å². The number of rotatable bonds is 10. The Morgan fingerprint density at radius 1 is 0.944 bits per heavy atom. The normalized spacial score (nSPS) is 11.8. The van der Waals surface area contributed by atoms with Crippen LogP contribution >= 0.6 is 35.0 Å². The van der Waals surface area contributed by atoms with E-state index >= 15 is 0 Å². The lowest BCUT2D eigenvalue weighted by atomic mass is 10.2. The van der Waals surface area contributed by atoms with E-state index in [1.165, 1.54) is 36.0 Å². The second-order valence-corrected chi connectivity index (χ2v) is 11.3. The lowest BCUT2D eigenvalue weighted by Gasteiger charge is -2.25. The van der Waals surface area contributed by atoms with Gasteiger partial charge in [0.1, 0.15) is 6.54 Å². The molecule has 3 aromatic rings. The van der Waals surface area contributed by atoms with Crippen LogP contribution in [0.3, 0.4) is 0 Å². The summed E-state index contributed by atoms with van der Waals surface area (Å²) in [5.74, 6) is 0.465. The zero-order chi connectivity index (χ0) is 26.3. The fourth-order valence-corrected chi connectivity index (χ4v) is 5.97. The number of hydrogen-bond acceptors (Lipinski definition) is 4. The minimum absolute atomic E-state index is 0.170. The first kappa shape index (κ1) is 28.2. The SMILES string of the molecule is O=C(CN(c1ccc(Cl)c(C(F)(F)F)c1)S(=O)(=O)c1ccccc1)NCCSCc1ccccc1Cl. The minimum Gasteiger partial charge on any atom is -0.354 e. The Kier molecular flexibility index (Phi) is 9.57. The zero-order valence-corrected chi connectivity index (χ0v) is 21.8. The van der Waals surface area contributed by atoms with Gasteiger partial charge in [-0.05, 0) is 42.0 Å². The van der Waals surface area contributed by atoms with Crippen molar-refractivity contribution in [2.75, 3.05) is 23.1 Å². The molecule has 0 spiro atoms. The van der Waals surface area contributed by atoms with Gasteiger partial charge in [-0.25, -0.2) is 8.42 Å². The van der Waals surface area contributed by atoms with E-state index in [2.05, 4.69) is 5.32 Å². The van der Waals surface area contributed by atoms with E-state index in [0.29, 0.717) is 26.9 Å². The quantitative estimate of drug-likeness (QED) is 0.289. The molecule has 3 aromatic carbocycles. The molecule has 0 atom stereocenters. The van der Waals surface area contributed by atoms with Crippen molar-refractivity contribution >= 4 is 56.6 Å². The Morgan fingerprint density at radius 2 is 1.61 bits per heavy atom. The van der Waals surface area contributed by atoms with E-state index < -0.39 is 39.2 Å². The molecule has 1 amide bonds. The largest absolute Gasteiger partial charge is 0.417 e. The third-order valence-electron chi connectivity index (χ3n) is 4.95. The second kappa shape index (κ2) is 12.2. The predicted molar refractivity (Wildman–Crippen MR) is 138 cm³/mol. The highest BCUT2D eigenvalue weighted by Crippen LogP contribution is 2.38. The number of nitrogens with one attached hydrogen (secondary N) is 1. The van der Waals surface area contributed by atoms with Gasteiger partial charge in [-0.3, -0.25) is 9.10 Å². The van der Waals surface area contributed by atoms with Gasteiger partial charge < -0.3 is 5.32 Å². The maximum atomic E-state index is 13.4. The van der Waals surface area contributed by atoms with Crippen molar-refractivity contribution in [2.45, 2.75) is 16.8 Å². The molecular weight excluding hydrogens is 556 g/mol. The summed E-state index contributed by atoms with van der Waals surface area (Å²) in [5, 5.41) is 2.67. The molecule has 0 aromatic heterocycles. The van der Waals surface area contributed by atoms with Crippen molar-refractivity contribution in [1.29, 1.82) is 0 Å². The van der Waals surface area contributed by atoms with Gasteiger partial charge in [0, 0.05) is 23.1 Å². The summed E-state index contributed by atoms with van der Waals surface area (Å²) >= 11 is 13.3. The van der Waals surface area contributed by atoms with E-state index in [1.54, 1.807) is 12.1 Å². The molecule has 36 heavy (non-hydrogen) atoms. The molecule has 1 N–H and O–H groups in total. The molecule has 0 fully saturated rings. The van der Waals surface area contributed by atoms with E-state index in [9.17, 15) is 26.4 Å². The first-order valence-electron chi connectivity index (χ1n) is 10.5. The van der Waals surface area contributed by atoms with Crippen LogP contribution in [0.1, 0.15) is 11.1 Å². The van der Waals surface area contributed by atoms with Crippen LogP contribution < -0.4 is 9.62 Å². The zero-order valence-electron chi connectivity index (χ0n) is 18.6. The highest BCUT2D eigenvalue weighted by molar-refractivity contribution is 7.98. The topological polar surface area (TPSA) is 66.5 Å². The van der Waals surface area contributed by atoms with Crippen LogP contribution in [0.15, 0.2) is 77.7 Å². The Morgan fingerprint density at radius 3 is 2.28 bits per heavy atom. The maximum Gasteiger partial charge on any atom is 0.417 e. The van der Waals surface area contributed by atoms with E-state index in [-0.39, 0.29) is 17.1 Å². The Bertz CT molecular complexity index is 1310. The lowest BCUT2D eigenvalue weighted by Crippen LogP contribution is -2.41. The molecule has 192 valence electrons. The molecule has 5 nitrogen and oxygen atoms in total. The van der Waals surface area contributed by atoms with E-state index in [4.69, 9.17) is 23.2 Å². The number of hydrogen-bond donors (Lipinski definition) is 1. The number of amides is 1. The average molecular weight is 577 g/mol. The number of carbonyl (C=O) groups excluding carboxylic acids is 1. The van der Waals surface area contributed by atoms with Crippen molar-refractivity contribution in [3.8, 4) is 0 Å². The Labute approximate surface area is 221 Å². The predicted octanol–water partition coefficient (Wildman–Crippen LogP) is 6.26. The number of benzene rings is 3. The first-order valence-corrected chi connectivity index (χ1v) is 13.9. The van der Waals surface area contributed by atoms with Crippen LogP contribution in [-0.2, 0) is 26.7 Å². The van der Waals surface area contributed by atoms with Crippen LogP contribution in [0.2, 0.25) is 10.0 Å². The van der Waals surface area contributed by atoms with Crippen molar-refractivity contribution in [3.63, 3.8) is 0 Å². The lowest BCUT2D eigenvalue weighted by molar-refractivity contribution is -0.137. The van der Waals surface area contributed by atoms with Crippen molar-refractivity contribution in [3.05, 3.63) is 94.0 Å². The number of nitrogens with zero attached hydrogens (tertiary/aromatic N) is 1. The number of halogens is 5. The molecule has 3 rings (SSSR count). The van der Waals surface area contributed by atoms with Gasteiger partial charge in [0.25, 0.3) is 10.0 Å². The molecule has 0 aliphatic heterocycles. The fourth-order valence-electron chi connectivity index (χ4n) is 3.17. The molecule has 0 aliphatic carbocycles. The molecule has 0 heterocycles. The summed E-state index contributed by atoms with van der Waals surface area (Å²) in [4.78, 5) is 12.5. The van der Waals surface area contributed by atoms with Crippen LogP contribution in [0, 0.1) is 0 Å².